The zero-order valence-electron chi connectivity index (χ0n) is 13.5. The molecule has 0 radical (unpaired) electrons. The van der Waals surface area contributed by atoms with Gasteiger partial charge < -0.3 is 0 Å². The third-order valence-electron chi connectivity index (χ3n) is 3.90. The normalized spacial score (nSPS) is 15.9. The SMILES string of the molecule is [2H]C([2H])([2H])[n+]1c2n(c3cc4cccnn4c31)Cc1ncccc1-2. The maximum atomic E-state index is 8.02. The van der Waals surface area contributed by atoms with Crippen molar-refractivity contribution in [1.82, 2.24) is 19.2 Å². The van der Waals surface area contributed by atoms with Gasteiger partial charge in [0.2, 0.25) is 5.82 Å². The lowest BCUT2D eigenvalue weighted by molar-refractivity contribution is -0.636. The molecule has 0 aliphatic carbocycles. The highest BCUT2D eigenvalue weighted by atomic mass is 15.3. The van der Waals surface area contributed by atoms with Crippen LogP contribution in [0.3, 0.4) is 0 Å². The van der Waals surface area contributed by atoms with Crippen LogP contribution in [0.4, 0.5) is 0 Å². The first-order chi connectivity index (χ1) is 11.1. The van der Waals surface area contributed by atoms with Crippen molar-refractivity contribution in [2.24, 2.45) is 6.98 Å². The molecule has 0 spiro atoms. The number of aryl methyl sites for hydroxylation is 1. The number of fused-ring (bicyclic) bond motifs is 7. The van der Waals surface area contributed by atoms with Crippen molar-refractivity contribution in [2.45, 2.75) is 6.54 Å². The first-order valence-electron chi connectivity index (χ1n) is 7.91. The van der Waals surface area contributed by atoms with E-state index in [0.29, 0.717) is 18.0 Å². The molecule has 5 nitrogen and oxygen atoms in total. The van der Waals surface area contributed by atoms with E-state index in [-0.39, 0.29) is 0 Å². The highest BCUT2D eigenvalue weighted by Gasteiger charge is 2.33. The van der Waals surface area contributed by atoms with Crippen molar-refractivity contribution < 1.29 is 8.68 Å². The topological polar surface area (TPSA) is 39.0 Å². The first kappa shape index (κ1) is 7.79. The zero-order valence-corrected chi connectivity index (χ0v) is 10.5. The van der Waals surface area contributed by atoms with Crippen LogP contribution >= 0.6 is 0 Å². The molecule has 0 bridgehead atoms. The van der Waals surface area contributed by atoms with E-state index < -0.39 is 6.98 Å². The minimum absolute atomic E-state index is 0.571. The molecule has 1 aliphatic heterocycles. The predicted molar refractivity (Wildman–Crippen MR) is 74.2 cm³/mol. The largest absolute Gasteiger partial charge is 0.292 e. The van der Waals surface area contributed by atoms with Crippen LogP contribution in [0.25, 0.3) is 28.1 Å². The van der Waals surface area contributed by atoms with Gasteiger partial charge in [0, 0.05) is 12.3 Å². The number of imidazole rings is 1. The van der Waals surface area contributed by atoms with Gasteiger partial charge >= 0.3 is 0 Å². The maximum absolute atomic E-state index is 8.02. The summed E-state index contributed by atoms with van der Waals surface area (Å²) in [5, 5.41) is 4.33. The van der Waals surface area contributed by atoms with E-state index in [1.54, 1.807) is 16.9 Å². The molecule has 0 fully saturated rings. The van der Waals surface area contributed by atoms with Gasteiger partial charge in [-0.3, -0.25) is 4.98 Å². The van der Waals surface area contributed by atoms with Crippen molar-refractivity contribution in [3.05, 3.63) is 48.4 Å². The molecule has 0 unspecified atom stereocenters. The molecular weight excluding hydrogens is 250 g/mol. The number of hydrogen-bond acceptors (Lipinski definition) is 2. The van der Waals surface area contributed by atoms with Gasteiger partial charge in [-0.15, -0.1) is 9.61 Å². The third-order valence-corrected chi connectivity index (χ3v) is 3.90. The number of aromatic nitrogens is 5. The second-order valence-corrected chi connectivity index (χ2v) is 4.96. The Bertz CT molecular complexity index is 1090. The highest BCUT2D eigenvalue weighted by Crippen LogP contribution is 2.32. The van der Waals surface area contributed by atoms with Crippen molar-refractivity contribution in [1.29, 1.82) is 0 Å². The Balaban J connectivity index is 2.01. The van der Waals surface area contributed by atoms with E-state index in [4.69, 9.17) is 4.11 Å². The van der Waals surface area contributed by atoms with Gasteiger partial charge in [-0.05, 0) is 24.3 Å². The fraction of sp³-hybridized carbons (Fsp3) is 0.133. The average Bonchev–Trinajstić information content (AvgIpc) is 3.13. The van der Waals surface area contributed by atoms with Crippen molar-refractivity contribution in [3.63, 3.8) is 0 Å². The third kappa shape index (κ3) is 1.02. The lowest BCUT2D eigenvalue weighted by Crippen LogP contribution is -2.31. The summed E-state index contributed by atoms with van der Waals surface area (Å²) < 4.78 is 29.1. The van der Waals surface area contributed by atoms with Crippen LogP contribution in [0.2, 0.25) is 0 Å². The molecule has 4 aromatic heterocycles. The van der Waals surface area contributed by atoms with E-state index in [1.165, 1.54) is 4.57 Å². The van der Waals surface area contributed by atoms with Crippen LogP contribution in [-0.2, 0) is 13.5 Å². The summed E-state index contributed by atoms with van der Waals surface area (Å²) in [6, 6.07) is 9.49. The summed E-state index contributed by atoms with van der Waals surface area (Å²) in [4.78, 5) is 4.39. The molecule has 0 saturated heterocycles. The van der Waals surface area contributed by atoms with E-state index in [2.05, 4.69) is 10.1 Å². The molecule has 0 saturated carbocycles. The Morgan fingerprint density at radius 3 is 3.20 bits per heavy atom. The Morgan fingerprint density at radius 1 is 1.30 bits per heavy atom. The minimum atomic E-state index is -2.30. The Kier molecular flexibility index (Phi) is 1.27. The summed E-state index contributed by atoms with van der Waals surface area (Å²) in [6.07, 6.45) is 3.40. The molecule has 5 rings (SSSR count). The molecule has 20 heavy (non-hydrogen) atoms. The number of pyridine rings is 1. The molecule has 0 atom stereocenters. The summed E-state index contributed by atoms with van der Waals surface area (Å²) in [6.45, 7) is -1.73. The van der Waals surface area contributed by atoms with Crippen LogP contribution in [0.1, 0.15) is 9.81 Å². The fourth-order valence-corrected chi connectivity index (χ4v) is 3.07. The van der Waals surface area contributed by atoms with Gasteiger partial charge in [-0.25, -0.2) is 9.13 Å². The minimum Gasteiger partial charge on any atom is -0.257 e. The number of rotatable bonds is 0. The van der Waals surface area contributed by atoms with Crippen LogP contribution < -0.4 is 4.57 Å². The lowest BCUT2D eigenvalue weighted by Gasteiger charge is -1.96. The summed E-state index contributed by atoms with van der Waals surface area (Å²) in [5.41, 5.74) is 4.07. The summed E-state index contributed by atoms with van der Waals surface area (Å²) in [7, 11) is 0. The molecule has 5 heteroatoms. The van der Waals surface area contributed by atoms with Crippen molar-refractivity contribution >= 4 is 16.7 Å². The second kappa shape index (κ2) is 3.25. The summed E-state index contributed by atoms with van der Waals surface area (Å²) in [5.74, 6) is 0.665. The van der Waals surface area contributed by atoms with E-state index in [0.717, 1.165) is 22.3 Å². The lowest BCUT2D eigenvalue weighted by atomic mass is 10.2. The molecule has 5 heterocycles. The van der Waals surface area contributed by atoms with E-state index in [1.807, 2.05) is 34.9 Å². The highest BCUT2D eigenvalue weighted by molar-refractivity contribution is 5.82. The molecule has 96 valence electrons. The Labute approximate surface area is 118 Å². The zero-order chi connectivity index (χ0) is 15.8. The maximum Gasteiger partial charge on any atom is 0.292 e. The molecule has 0 amide bonds. The second-order valence-electron chi connectivity index (χ2n) is 4.96. The van der Waals surface area contributed by atoms with E-state index >= 15 is 0 Å². The first-order valence-corrected chi connectivity index (χ1v) is 6.41. The Morgan fingerprint density at radius 2 is 2.25 bits per heavy atom. The van der Waals surface area contributed by atoms with Gasteiger partial charge in [0.1, 0.15) is 12.1 Å². The Hall–Kier alpha value is -2.69. The van der Waals surface area contributed by atoms with Gasteiger partial charge in [-0.2, -0.15) is 0 Å². The quantitative estimate of drug-likeness (QED) is 0.398. The number of hydrogen-bond donors (Lipinski definition) is 0. The van der Waals surface area contributed by atoms with Gasteiger partial charge in [0.15, 0.2) is 5.52 Å². The number of nitrogens with zero attached hydrogens (tertiary/aromatic N) is 5. The summed E-state index contributed by atoms with van der Waals surface area (Å²) >= 11 is 0. The van der Waals surface area contributed by atoms with Crippen LogP contribution in [0.5, 0.6) is 0 Å². The monoisotopic (exact) mass is 265 g/mol. The van der Waals surface area contributed by atoms with Crippen molar-refractivity contribution in [3.8, 4) is 11.4 Å². The molecule has 4 aromatic rings. The van der Waals surface area contributed by atoms with Crippen molar-refractivity contribution in [2.75, 3.05) is 0 Å². The van der Waals surface area contributed by atoms with Crippen LogP contribution in [0, 0.1) is 0 Å². The molecule has 1 aliphatic rings. The van der Waals surface area contributed by atoms with Gasteiger partial charge in [0.25, 0.3) is 5.65 Å². The average molecular weight is 265 g/mol. The van der Waals surface area contributed by atoms with E-state index in [9.17, 15) is 0 Å². The van der Waals surface area contributed by atoms with Crippen LogP contribution in [-0.4, -0.2) is 19.2 Å². The molecule has 0 aromatic carbocycles. The smallest absolute Gasteiger partial charge is 0.257 e. The van der Waals surface area contributed by atoms with Gasteiger partial charge in [-0.1, -0.05) is 0 Å². The molecule has 0 N–H and O–H groups in total. The van der Waals surface area contributed by atoms with Crippen LogP contribution in [0.15, 0.2) is 42.7 Å². The van der Waals surface area contributed by atoms with Gasteiger partial charge in [0.05, 0.1) is 28.5 Å². The fourth-order valence-electron chi connectivity index (χ4n) is 3.07. The molecular formula is C15H12N5+. The standard InChI is InChI=1S/C15H12N5/c1-18-14-11-5-3-6-16-12(11)9-19(14)13-8-10-4-2-7-17-20(10)15(13)18/h2-8H,9H2,1H3/q+1/i1D3. The predicted octanol–water partition coefficient (Wildman–Crippen LogP) is 1.54.